The first-order valence-electron chi connectivity index (χ1n) is 13.6. The van der Waals surface area contributed by atoms with E-state index in [0.717, 1.165) is 24.9 Å². The molecule has 0 fully saturated rings. The minimum absolute atomic E-state index is 0.0222. The van der Waals surface area contributed by atoms with Crippen LogP contribution in [0.1, 0.15) is 115 Å². The molecule has 35 heavy (non-hydrogen) atoms. The topological polar surface area (TPSA) is 23.5 Å². The third-order valence-corrected chi connectivity index (χ3v) is 9.34. The van der Waals surface area contributed by atoms with Crippen LogP contribution in [0, 0.1) is 6.92 Å². The molecule has 0 bridgehead atoms. The summed E-state index contributed by atoms with van der Waals surface area (Å²) in [5, 5.41) is 13.2. The van der Waals surface area contributed by atoms with E-state index in [2.05, 4.69) is 112 Å². The van der Waals surface area contributed by atoms with Crippen LogP contribution in [0.15, 0.2) is 30.3 Å². The molecule has 0 heterocycles. The van der Waals surface area contributed by atoms with E-state index in [-0.39, 0.29) is 16.0 Å². The molecule has 196 valence electrons. The van der Waals surface area contributed by atoms with Crippen LogP contribution < -0.4 is 5.30 Å². The first-order chi connectivity index (χ1) is 16.1. The van der Waals surface area contributed by atoms with Crippen molar-refractivity contribution in [2.24, 2.45) is 0 Å². The summed E-state index contributed by atoms with van der Waals surface area (Å²) < 4.78 is 0. The van der Waals surface area contributed by atoms with E-state index in [9.17, 15) is 5.11 Å². The van der Waals surface area contributed by atoms with Gasteiger partial charge in [-0.15, -0.1) is 0 Å². The van der Waals surface area contributed by atoms with Gasteiger partial charge in [-0.05, 0) is 66.7 Å². The minimum Gasteiger partial charge on any atom is -0.507 e. The molecule has 2 aromatic rings. The van der Waals surface area contributed by atoms with E-state index in [1.165, 1.54) is 46.8 Å². The Labute approximate surface area is 218 Å². The zero-order valence-corrected chi connectivity index (χ0v) is 25.5. The van der Waals surface area contributed by atoms with Crippen LogP contribution in [0.25, 0.3) is 0 Å². The van der Waals surface area contributed by atoms with Gasteiger partial charge in [0.05, 0.1) is 0 Å². The van der Waals surface area contributed by atoms with Crippen LogP contribution in [0.3, 0.4) is 0 Å². The highest BCUT2D eigenvalue weighted by molar-refractivity contribution is 7.48. The Kier molecular flexibility index (Phi) is 10.1. The molecule has 2 nitrogen and oxygen atoms in total. The molecule has 0 aliphatic heterocycles. The highest BCUT2D eigenvalue weighted by Gasteiger charge is 2.37. The van der Waals surface area contributed by atoms with Crippen LogP contribution in [0.4, 0.5) is 0 Å². The molecule has 2 atom stereocenters. The predicted octanol–water partition coefficient (Wildman–Crippen LogP) is 8.55. The van der Waals surface area contributed by atoms with Crippen molar-refractivity contribution in [2.75, 3.05) is 14.1 Å². The van der Waals surface area contributed by atoms with Crippen LogP contribution in [0.2, 0.25) is 0 Å². The average Bonchev–Trinajstić information content (AvgIpc) is 2.73. The zero-order chi connectivity index (χ0) is 26.6. The van der Waals surface area contributed by atoms with E-state index in [1.54, 1.807) is 0 Å². The molecule has 0 aromatic heterocycles. The van der Waals surface area contributed by atoms with Crippen molar-refractivity contribution in [1.29, 1.82) is 0 Å². The second-order valence-corrected chi connectivity index (χ2v) is 14.6. The number of nitrogens with zero attached hydrogens (tertiary/aromatic N) is 1. The van der Waals surface area contributed by atoms with Crippen LogP contribution in [0.5, 0.6) is 5.75 Å². The van der Waals surface area contributed by atoms with Gasteiger partial charge in [-0.2, -0.15) is 0 Å². The number of rotatable bonds is 10. The maximum Gasteiger partial charge on any atom is 0.123 e. The van der Waals surface area contributed by atoms with Gasteiger partial charge in [0.25, 0.3) is 0 Å². The van der Waals surface area contributed by atoms with Crippen molar-refractivity contribution < 1.29 is 5.11 Å². The lowest BCUT2D eigenvalue weighted by Crippen LogP contribution is -2.27. The maximum absolute atomic E-state index is 11.9. The number of hydrogen-bond donors (Lipinski definition) is 1. The lowest BCUT2D eigenvalue weighted by molar-refractivity contribution is 0.403. The summed E-state index contributed by atoms with van der Waals surface area (Å²) in [6.07, 6.45) is 5.76. The highest BCUT2D eigenvalue weighted by Crippen LogP contribution is 2.54. The first kappa shape index (κ1) is 29.9. The molecule has 3 heteroatoms. The standard InChI is InChI=1S/C32H52NOP/c1-12-14-15-18-32(13-2,35-28-17-16-23(3)19-24(28)22-33(10)11)27-21-25(30(4,5)6)20-26(29(27)34)31(7,8)9/h16-17,19-21,34-35H,12-15,18,22H2,1-11H3. The minimum atomic E-state index is -0.119. The average molecular weight is 498 g/mol. The summed E-state index contributed by atoms with van der Waals surface area (Å²) in [5.41, 5.74) is 6.21. The monoisotopic (exact) mass is 497 g/mol. The van der Waals surface area contributed by atoms with Crippen LogP contribution in [-0.4, -0.2) is 24.1 Å². The number of phenols is 1. The highest BCUT2D eigenvalue weighted by atomic mass is 31.1. The molecule has 0 amide bonds. The molecule has 0 saturated carbocycles. The Morgan fingerprint density at radius 2 is 1.49 bits per heavy atom. The molecule has 1 N–H and O–H groups in total. The molecule has 0 saturated heterocycles. The Hall–Kier alpha value is -1.37. The number of benzene rings is 2. The lowest BCUT2D eigenvalue weighted by atomic mass is 9.76. The fraction of sp³-hybridized carbons (Fsp3) is 0.625. The summed E-state index contributed by atoms with van der Waals surface area (Å²) >= 11 is 0. The van der Waals surface area contributed by atoms with E-state index in [4.69, 9.17) is 0 Å². The fourth-order valence-corrected chi connectivity index (χ4v) is 6.77. The van der Waals surface area contributed by atoms with Crippen LogP contribution >= 0.6 is 8.58 Å². The molecule has 0 aliphatic carbocycles. The van der Waals surface area contributed by atoms with Crippen LogP contribution in [-0.2, 0) is 22.5 Å². The van der Waals surface area contributed by atoms with E-state index >= 15 is 0 Å². The van der Waals surface area contributed by atoms with Gasteiger partial charge in [0.1, 0.15) is 5.75 Å². The first-order valence-corrected chi connectivity index (χ1v) is 14.6. The number of aryl methyl sites for hydroxylation is 1. The van der Waals surface area contributed by atoms with Gasteiger partial charge in [0.15, 0.2) is 0 Å². The lowest BCUT2D eigenvalue weighted by Gasteiger charge is -2.38. The van der Waals surface area contributed by atoms with Crippen molar-refractivity contribution in [1.82, 2.24) is 4.90 Å². The van der Waals surface area contributed by atoms with Crippen molar-refractivity contribution >= 4 is 13.9 Å². The van der Waals surface area contributed by atoms with Gasteiger partial charge in [-0.25, -0.2) is 0 Å². The molecule has 2 rings (SSSR count). The van der Waals surface area contributed by atoms with E-state index in [1.807, 2.05) is 0 Å². The smallest absolute Gasteiger partial charge is 0.123 e. The Morgan fingerprint density at radius 3 is 2.00 bits per heavy atom. The maximum atomic E-state index is 11.9. The van der Waals surface area contributed by atoms with Crippen molar-refractivity contribution in [2.45, 2.75) is 117 Å². The third-order valence-electron chi connectivity index (χ3n) is 7.23. The number of hydrogen-bond acceptors (Lipinski definition) is 2. The van der Waals surface area contributed by atoms with Crippen molar-refractivity contribution in [3.8, 4) is 5.75 Å². The van der Waals surface area contributed by atoms with Gasteiger partial charge in [-0.3, -0.25) is 0 Å². The Bertz CT molecular complexity index is 980. The normalized spacial score (nSPS) is 14.7. The number of phenolic OH excluding ortho intramolecular Hbond substituents is 1. The molecule has 0 radical (unpaired) electrons. The summed E-state index contributed by atoms with van der Waals surface area (Å²) in [5.74, 6) is 0.526. The van der Waals surface area contributed by atoms with Crippen molar-refractivity contribution in [3.63, 3.8) is 0 Å². The number of aromatic hydroxyl groups is 1. The van der Waals surface area contributed by atoms with Gasteiger partial charge < -0.3 is 10.0 Å². The Morgan fingerprint density at radius 1 is 0.857 bits per heavy atom. The molecule has 0 aliphatic rings. The van der Waals surface area contributed by atoms with Gasteiger partial charge in [0.2, 0.25) is 0 Å². The molecule has 0 spiro atoms. The zero-order valence-electron chi connectivity index (χ0n) is 24.5. The molecular weight excluding hydrogens is 445 g/mol. The van der Waals surface area contributed by atoms with E-state index in [0.29, 0.717) is 14.3 Å². The summed E-state index contributed by atoms with van der Waals surface area (Å²) in [4.78, 5) is 2.27. The van der Waals surface area contributed by atoms with Gasteiger partial charge >= 0.3 is 0 Å². The Balaban J connectivity index is 2.81. The van der Waals surface area contributed by atoms with Gasteiger partial charge in [-0.1, -0.05) is 119 Å². The van der Waals surface area contributed by atoms with E-state index < -0.39 is 0 Å². The fourth-order valence-electron chi connectivity index (χ4n) is 4.97. The quantitative estimate of drug-likeness (QED) is 0.262. The molecular formula is C32H52NOP. The summed E-state index contributed by atoms with van der Waals surface area (Å²) in [6, 6.07) is 11.6. The summed E-state index contributed by atoms with van der Waals surface area (Å²) in [6.45, 7) is 21.3. The summed E-state index contributed by atoms with van der Waals surface area (Å²) in [7, 11) is 4.92. The third kappa shape index (κ3) is 7.56. The second-order valence-electron chi connectivity index (χ2n) is 12.8. The largest absolute Gasteiger partial charge is 0.507 e. The number of unbranched alkanes of at least 4 members (excludes halogenated alkanes) is 2. The SMILES string of the molecule is CCCCCC(CC)(Pc1ccc(C)cc1CN(C)C)c1cc(C(C)(C)C)cc(C(C)(C)C)c1O. The predicted molar refractivity (Wildman–Crippen MR) is 158 cm³/mol. The molecule has 2 aromatic carbocycles. The second kappa shape index (κ2) is 11.8. The van der Waals surface area contributed by atoms with Crippen molar-refractivity contribution in [3.05, 3.63) is 58.1 Å². The van der Waals surface area contributed by atoms with Gasteiger partial charge in [0, 0.05) is 17.3 Å². The molecule has 2 unspecified atom stereocenters.